The van der Waals surface area contributed by atoms with Crippen LogP contribution in [-0.2, 0) is 0 Å². The first kappa shape index (κ1) is 14.0. The highest BCUT2D eigenvalue weighted by Gasteiger charge is 2.05. The summed E-state index contributed by atoms with van der Waals surface area (Å²) in [7, 11) is 0. The van der Waals surface area contributed by atoms with Crippen LogP contribution in [0.5, 0.6) is 0 Å². The Morgan fingerprint density at radius 2 is 2.26 bits per heavy atom. The maximum atomic E-state index is 11.7. The number of nitrogens with one attached hydrogen (secondary N) is 1. The van der Waals surface area contributed by atoms with Gasteiger partial charge in [0.25, 0.3) is 5.91 Å². The molecule has 5 nitrogen and oxygen atoms in total. The Balaban J connectivity index is 1.98. The molecule has 98 valence electrons. The Bertz CT molecular complexity index is 601. The lowest BCUT2D eigenvalue weighted by atomic mass is 10.2. The lowest BCUT2D eigenvalue weighted by molar-refractivity contribution is 0.0955. The lowest BCUT2D eigenvalue weighted by Gasteiger charge is -1.98. The van der Waals surface area contributed by atoms with Crippen LogP contribution in [0, 0.1) is 6.92 Å². The number of hydrogen-bond acceptors (Lipinski definition) is 4. The zero-order chi connectivity index (χ0) is 13.8. The largest absolute Gasteiger partial charge is 0.447 e. The fourth-order valence-electron chi connectivity index (χ4n) is 1.25. The SMILES string of the molecule is Cc1ccc(C(=O)NN=Cc2cc(Br)c(Br)o2)cn1. The Labute approximate surface area is 126 Å². The van der Waals surface area contributed by atoms with Crippen LogP contribution in [0.25, 0.3) is 0 Å². The average molecular weight is 387 g/mol. The van der Waals surface area contributed by atoms with E-state index in [1.807, 2.05) is 6.92 Å². The van der Waals surface area contributed by atoms with Crippen LogP contribution in [0.4, 0.5) is 0 Å². The number of carbonyl (C=O) groups is 1. The van der Waals surface area contributed by atoms with Gasteiger partial charge in [0.1, 0.15) is 5.76 Å². The topological polar surface area (TPSA) is 67.5 Å². The van der Waals surface area contributed by atoms with Crippen molar-refractivity contribution in [3.63, 3.8) is 0 Å². The number of amides is 1. The van der Waals surface area contributed by atoms with E-state index < -0.39 is 0 Å². The van der Waals surface area contributed by atoms with E-state index >= 15 is 0 Å². The van der Waals surface area contributed by atoms with E-state index in [0.29, 0.717) is 16.0 Å². The van der Waals surface area contributed by atoms with Gasteiger partial charge >= 0.3 is 0 Å². The molecule has 0 unspecified atom stereocenters. The molecule has 2 heterocycles. The predicted molar refractivity (Wildman–Crippen MR) is 78.1 cm³/mol. The molecule has 1 amide bonds. The van der Waals surface area contributed by atoms with Gasteiger partial charge in [0, 0.05) is 18.0 Å². The number of furan rings is 1. The fraction of sp³-hybridized carbons (Fsp3) is 0.0833. The number of aryl methyl sites for hydroxylation is 1. The number of halogens is 2. The molecule has 2 aromatic rings. The van der Waals surface area contributed by atoms with E-state index in [2.05, 4.69) is 47.4 Å². The first-order valence-corrected chi connectivity index (χ1v) is 6.86. The minimum atomic E-state index is -0.326. The monoisotopic (exact) mass is 385 g/mol. The predicted octanol–water partition coefficient (Wildman–Crippen LogP) is 3.27. The second kappa shape index (κ2) is 6.12. The van der Waals surface area contributed by atoms with E-state index in [1.165, 1.54) is 12.4 Å². The van der Waals surface area contributed by atoms with Crippen LogP contribution < -0.4 is 5.43 Å². The maximum absolute atomic E-state index is 11.7. The Morgan fingerprint density at radius 1 is 1.47 bits per heavy atom. The number of carbonyl (C=O) groups excluding carboxylic acids is 1. The molecule has 0 aliphatic carbocycles. The molecule has 0 fully saturated rings. The van der Waals surface area contributed by atoms with Crippen LogP contribution >= 0.6 is 31.9 Å². The highest BCUT2D eigenvalue weighted by molar-refractivity contribution is 9.13. The molecule has 0 bridgehead atoms. The van der Waals surface area contributed by atoms with Gasteiger partial charge in [-0.05, 0) is 50.9 Å². The van der Waals surface area contributed by atoms with E-state index in [-0.39, 0.29) is 5.91 Å². The summed E-state index contributed by atoms with van der Waals surface area (Å²) in [6, 6.07) is 5.18. The molecule has 0 spiro atoms. The van der Waals surface area contributed by atoms with Gasteiger partial charge in [-0.1, -0.05) is 0 Å². The van der Waals surface area contributed by atoms with Crippen molar-refractivity contribution < 1.29 is 9.21 Å². The Morgan fingerprint density at radius 3 is 2.84 bits per heavy atom. The standard InChI is InChI=1S/C12H9Br2N3O2/c1-7-2-3-8(5-15-7)12(18)17-16-6-9-4-10(13)11(14)19-9/h2-6H,1H3,(H,17,18). The Kier molecular flexibility index (Phi) is 4.49. The number of hydrogen-bond donors (Lipinski definition) is 1. The summed E-state index contributed by atoms with van der Waals surface area (Å²) < 4.78 is 6.63. The number of rotatable bonds is 3. The molecule has 19 heavy (non-hydrogen) atoms. The molecule has 0 saturated carbocycles. The zero-order valence-corrected chi connectivity index (χ0v) is 13.0. The summed E-state index contributed by atoms with van der Waals surface area (Å²) in [5, 5.41) is 3.81. The second-order valence-electron chi connectivity index (χ2n) is 3.66. The van der Waals surface area contributed by atoms with Crippen molar-refractivity contribution in [3.05, 3.63) is 50.6 Å². The summed E-state index contributed by atoms with van der Waals surface area (Å²) in [5.74, 6) is 0.189. The number of nitrogens with zero attached hydrogens (tertiary/aromatic N) is 2. The van der Waals surface area contributed by atoms with Crippen molar-refractivity contribution in [1.29, 1.82) is 0 Å². The van der Waals surface area contributed by atoms with Gasteiger partial charge in [-0.3, -0.25) is 9.78 Å². The summed E-state index contributed by atoms with van der Waals surface area (Å²) in [6.07, 6.45) is 2.91. The smallest absolute Gasteiger partial charge is 0.272 e. The summed E-state index contributed by atoms with van der Waals surface area (Å²) in [6.45, 7) is 1.85. The van der Waals surface area contributed by atoms with Gasteiger partial charge in [0.15, 0.2) is 4.67 Å². The molecule has 7 heteroatoms. The average Bonchev–Trinajstić information content (AvgIpc) is 2.69. The third-order valence-electron chi connectivity index (χ3n) is 2.20. The quantitative estimate of drug-likeness (QED) is 0.650. The maximum Gasteiger partial charge on any atom is 0.272 e. The highest BCUT2D eigenvalue weighted by atomic mass is 79.9. The van der Waals surface area contributed by atoms with Crippen molar-refractivity contribution in [2.45, 2.75) is 6.92 Å². The molecule has 0 atom stereocenters. The molecule has 2 aromatic heterocycles. The molecule has 0 saturated heterocycles. The van der Waals surface area contributed by atoms with Crippen LogP contribution in [0.3, 0.4) is 0 Å². The number of hydrazone groups is 1. The van der Waals surface area contributed by atoms with Crippen molar-refractivity contribution >= 4 is 44.0 Å². The van der Waals surface area contributed by atoms with Crippen LogP contribution in [-0.4, -0.2) is 17.1 Å². The van der Waals surface area contributed by atoms with E-state index in [4.69, 9.17) is 4.42 Å². The summed E-state index contributed by atoms with van der Waals surface area (Å²) >= 11 is 6.49. The molecule has 0 aliphatic heterocycles. The van der Waals surface area contributed by atoms with Gasteiger partial charge in [0.05, 0.1) is 16.3 Å². The van der Waals surface area contributed by atoms with Crippen molar-refractivity contribution in [2.75, 3.05) is 0 Å². The summed E-state index contributed by atoms with van der Waals surface area (Å²) in [5.41, 5.74) is 3.70. The fourth-order valence-corrected chi connectivity index (χ4v) is 1.86. The van der Waals surface area contributed by atoms with Gasteiger partial charge in [-0.25, -0.2) is 5.43 Å². The Hall–Kier alpha value is -1.47. The molecular weight excluding hydrogens is 378 g/mol. The second-order valence-corrected chi connectivity index (χ2v) is 5.23. The van der Waals surface area contributed by atoms with Crippen LogP contribution in [0.1, 0.15) is 21.8 Å². The molecule has 2 rings (SSSR count). The zero-order valence-electron chi connectivity index (χ0n) is 9.85. The molecule has 0 aliphatic rings. The lowest BCUT2D eigenvalue weighted by Crippen LogP contribution is -2.17. The van der Waals surface area contributed by atoms with Gasteiger partial charge in [0.2, 0.25) is 0 Å². The van der Waals surface area contributed by atoms with Gasteiger partial charge < -0.3 is 4.42 Å². The van der Waals surface area contributed by atoms with Crippen LogP contribution in [0.15, 0.2) is 43.1 Å². The minimum Gasteiger partial charge on any atom is -0.447 e. The van der Waals surface area contributed by atoms with E-state index in [1.54, 1.807) is 18.2 Å². The highest BCUT2D eigenvalue weighted by Crippen LogP contribution is 2.25. The van der Waals surface area contributed by atoms with Crippen molar-refractivity contribution in [1.82, 2.24) is 10.4 Å². The third-order valence-corrected chi connectivity index (χ3v) is 3.91. The van der Waals surface area contributed by atoms with Gasteiger partial charge in [-0.15, -0.1) is 0 Å². The molecule has 0 aromatic carbocycles. The molecule has 0 radical (unpaired) electrons. The van der Waals surface area contributed by atoms with E-state index in [9.17, 15) is 4.79 Å². The third kappa shape index (κ3) is 3.74. The van der Waals surface area contributed by atoms with Crippen molar-refractivity contribution in [3.8, 4) is 0 Å². The van der Waals surface area contributed by atoms with Gasteiger partial charge in [-0.2, -0.15) is 5.10 Å². The van der Waals surface area contributed by atoms with E-state index in [0.717, 1.165) is 10.2 Å². The molecule has 1 N–H and O–H groups in total. The van der Waals surface area contributed by atoms with Crippen molar-refractivity contribution in [2.24, 2.45) is 5.10 Å². The number of aromatic nitrogens is 1. The minimum absolute atomic E-state index is 0.326. The first-order valence-electron chi connectivity index (χ1n) is 5.27. The number of pyridine rings is 1. The first-order chi connectivity index (χ1) is 9.06. The summed E-state index contributed by atoms with van der Waals surface area (Å²) in [4.78, 5) is 15.7. The normalized spacial score (nSPS) is 10.9. The van der Waals surface area contributed by atoms with Crippen LogP contribution in [0.2, 0.25) is 0 Å². The molecular formula is C12H9Br2N3O2.